The van der Waals surface area contributed by atoms with Crippen LogP contribution in [0.4, 0.5) is 0 Å². The highest BCUT2D eigenvalue weighted by atomic mass is 16.6. The molecule has 1 fully saturated rings. The summed E-state index contributed by atoms with van der Waals surface area (Å²) >= 11 is 0. The molecule has 1 aromatic heterocycles. The first kappa shape index (κ1) is 16.9. The van der Waals surface area contributed by atoms with Crippen LogP contribution in [-0.2, 0) is 16.5 Å². The van der Waals surface area contributed by atoms with Gasteiger partial charge in [-0.15, -0.1) is 0 Å². The minimum atomic E-state index is -0.913. The molecule has 1 aliphatic heterocycles. The second-order valence-corrected chi connectivity index (χ2v) is 5.74. The molecule has 0 aliphatic carbocycles. The molecule has 124 valence electrons. The number of aromatic amines is 1. The Labute approximate surface area is 128 Å². The molecule has 0 radical (unpaired) electrons. The lowest BCUT2D eigenvalue weighted by Gasteiger charge is -2.20. The summed E-state index contributed by atoms with van der Waals surface area (Å²) in [6, 6.07) is -0.361. The van der Waals surface area contributed by atoms with Gasteiger partial charge >= 0.3 is 5.69 Å². The average Bonchev–Trinajstić information content (AvgIpc) is 2.76. The molecule has 8 nitrogen and oxygen atoms in total. The first-order valence-corrected chi connectivity index (χ1v) is 7.27. The van der Waals surface area contributed by atoms with Crippen LogP contribution >= 0.6 is 0 Å². The fourth-order valence-electron chi connectivity index (χ4n) is 2.59. The van der Waals surface area contributed by atoms with Crippen molar-refractivity contribution in [3.05, 3.63) is 32.6 Å². The lowest BCUT2D eigenvalue weighted by molar-refractivity contribution is -0.0448. The first-order valence-electron chi connectivity index (χ1n) is 7.27. The van der Waals surface area contributed by atoms with Crippen LogP contribution in [0.15, 0.2) is 15.8 Å². The average molecular weight is 313 g/mol. The van der Waals surface area contributed by atoms with Crippen molar-refractivity contribution < 1.29 is 14.6 Å². The number of aryl methyl sites for hydroxylation is 1. The number of H-pyrrole nitrogens is 1. The molecule has 1 saturated heterocycles. The van der Waals surface area contributed by atoms with Gasteiger partial charge in [0.2, 0.25) is 0 Å². The van der Waals surface area contributed by atoms with E-state index in [2.05, 4.69) is 10.3 Å². The van der Waals surface area contributed by atoms with Gasteiger partial charge in [0, 0.05) is 13.2 Å². The Balaban J connectivity index is 2.27. The molecule has 0 amide bonds. The Morgan fingerprint density at radius 1 is 1.50 bits per heavy atom. The van der Waals surface area contributed by atoms with E-state index in [1.165, 1.54) is 17.8 Å². The lowest BCUT2D eigenvalue weighted by Crippen LogP contribution is -2.44. The van der Waals surface area contributed by atoms with Gasteiger partial charge in [0.15, 0.2) is 0 Å². The number of aliphatic hydroxyl groups is 1. The SMILES string of the molecule is CNC1C(O)[C@H](c2cn(C)c(=O)[nH]c2=O)O[C@@H]1COC(C)C. The van der Waals surface area contributed by atoms with Crippen LogP contribution in [0.25, 0.3) is 0 Å². The molecule has 2 rings (SSSR count). The molecular formula is C14H23N3O5. The number of ether oxygens (including phenoxy) is 2. The molecule has 2 heterocycles. The number of nitrogens with zero attached hydrogens (tertiary/aromatic N) is 1. The predicted octanol–water partition coefficient (Wildman–Crippen LogP) is -1.11. The van der Waals surface area contributed by atoms with Gasteiger partial charge in [0.25, 0.3) is 5.56 Å². The third kappa shape index (κ3) is 3.30. The number of nitrogens with one attached hydrogen (secondary N) is 2. The minimum Gasteiger partial charge on any atom is -0.388 e. The van der Waals surface area contributed by atoms with Crippen molar-refractivity contribution in [2.75, 3.05) is 13.7 Å². The van der Waals surface area contributed by atoms with E-state index in [1.807, 2.05) is 13.8 Å². The van der Waals surface area contributed by atoms with Crippen LogP contribution < -0.4 is 16.6 Å². The summed E-state index contributed by atoms with van der Waals surface area (Å²) < 4.78 is 12.6. The van der Waals surface area contributed by atoms with Crippen molar-refractivity contribution in [3.63, 3.8) is 0 Å². The maximum absolute atomic E-state index is 12.0. The molecule has 2 unspecified atom stereocenters. The van der Waals surface area contributed by atoms with E-state index in [4.69, 9.17) is 9.47 Å². The van der Waals surface area contributed by atoms with Crippen molar-refractivity contribution in [1.82, 2.24) is 14.9 Å². The molecule has 8 heteroatoms. The molecule has 3 N–H and O–H groups in total. The number of hydrogen-bond donors (Lipinski definition) is 3. The Bertz CT molecular complexity index is 624. The van der Waals surface area contributed by atoms with E-state index in [9.17, 15) is 14.7 Å². The topological polar surface area (TPSA) is 106 Å². The van der Waals surface area contributed by atoms with Gasteiger partial charge in [-0.2, -0.15) is 0 Å². The fraction of sp³-hybridized carbons (Fsp3) is 0.714. The van der Waals surface area contributed by atoms with E-state index in [-0.39, 0.29) is 23.8 Å². The van der Waals surface area contributed by atoms with E-state index >= 15 is 0 Å². The Kier molecular flexibility index (Phi) is 5.17. The molecule has 4 atom stereocenters. The van der Waals surface area contributed by atoms with Crippen LogP contribution in [-0.4, -0.2) is 52.7 Å². The van der Waals surface area contributed by atoms with Crippen molar-refractivity contribution in [2.24, 2.45) is 7.05 Å². The van der Waals surface area contributed by atoms with Crippen LogP contribution in [0.1, 0.15) is 25.5 Å². The number of aromatic nitrogens is 2. The van der Waals surface area contributed by atoms with E-state index in [0.29, 0.717) is 6.61 Å². The zero-order valence-electron chi connectivity index (χ0n) is 13.2. The summed E-state index contributed by atoms with van der Waals surface area (Å²) in [5.41, 5.74) is -0.833. The van der Waals surface area contributed by atoms with Crippen molar-refractivity contribution in [2.45, 2.75) is 44.3 Å². The monoisotopic (exact) mass is 313 g/mol. The maximum Gasteiger partial charge on any atom is 0.328 e. The smallest absolute Gasteiger partial charge is 0.328 e. The van der Waals surface area contributed by atoms with Gasteiger partial charge in [-0.1, -0.05) is 0 Å². The van der Waals surface area contributed by atoms with Crippen LogP contribution in [0.2, 0.25) is 0 Å². The van der Waals surface area contributed by atoms with Crippen molar-refractivity contribution >= 4 is 0 Å². The van der Waals surface area contributed by atoms with Crippen LogP contribution in [0.5, 0.6) is 0 Å². The van der Waals surface area contributed by atoms with Crippen LogP contribution in [0.3, 0.4) is 0 Å². The standard InChI is InChI=1S/C14H23N3O5/c1-7(2)21-6-9-10(15-3)11(18)12(22-9)8-5-17(4)14(20)16-13(8)19/h5,7,9-12,15,18H,6H2,1-4H3,(H,16,19,20)/t9-,10?,11?,12+/m1/s1. The molecule has 0 aromatic carbocycles. The summed E-state index contributed by atoms with van der Waals surface area (Å²) in [6.45, 7) is 4.13. The Morgan fingerprint density at radius 3 is 2.77 bits per heavy atom. The van der Waals surface area contributed by atoms with Crippen LogP contribution in [0, 0.1) is 0 Å². The second-order valence-electron chi connectivity index (χ2n) is 5.74. The fourth-order valence-corrected chi connectivity index (χ4v) is 2.59. The summed E-state index contributed by atoms with van der Waals surface area (Å²) in [4.78, 5) is 25.6. The largest absolute Gasteiger partial charge is 0.388 e. The third-order valence-corrected chi connectivity index (χ3v) is 3.77. The molecule has 0 bridgehead atoms. The van der Waals surface area contributed by atoms with E-state index < -0.39 is 23.5 Å². The van der Waals surface area contributed by atoms with Gasteiger partial charge in [-0.3, -0.25) is 9.78 Å². The zero-order chi connectivity index (χ0) is 16.4. The van der Waals surface area contributed by atoms with Gasteiger partial charge in [0.1, 0.15) is 12.2 Å². The summed E-state index contributed by atoms with van der Waals surface area (Å²) in [6.07, 6.45) is -0.673. The minimum absolute atomic E-state index is 0.0400. The number of hydrogen-bond acceptors (Lipinski definition) is 6. The molecule has 0 saturated carbocycles. The molecule has 0 spiro atoms. The van der Waals surface area contributed by atoms with E-state index in [0.717, 1.165) is 0 Å². The van der Waals surface area contributed by atoms with E-state index in [1.54, 1.807) is 7.05 Å². The maximum atomic E-state index is 12.0. The first-order chi connectivity index (χ1) is 10.3. The van der Waals surface area contributed by atoms with Gasteiger partial charge in [-0.05, 0) is 20.9 Å². The summed E-state index contributed by atoms with van der Waals surface area (Å²) in [5, 5.41) is 13.4. The second kappa shape index (κ2) is 6.74. The third-order valence-electron chi connectivity index (χ3n) is 3.77. The zero-order valence-corrected chi connectivity index (χ0v) is 13.2. The normalized spacial score (nSPS) is 28.5. The van der Waals surface area contributed by atoms with Gasteiger partial charge < -0.3 is 24.5 Å². The summed E-state index contributed by atoms with van der Waals surface area (Å²) in [5.74, 6) is 0. The number of rotatable bonds is 5. The van der Waals surface area contributed by atoms with Crippen molar-refractivity contribution in [3.8, 4) is 0 Å². The molecular weight excluding hydrogens is 290 g/mol. The quantitative estimate of drug-likeness (QED) is 0.636. The van der Waals surface area contributed by atoms with Gasteiger partial charge in [-0.25, -0.2) is 4.79 Å². The highest BCUT2D eigenvalue weighted by molar-refractivity contribution is 5.15. The molecule has 1 aliphatic rings. The Hall–Kier alpha value is -1.48. The highest BCUT2D eigenvalue weighted by Crippen LogP contribution is 2.31. The number of likely N-dealkylation sites (N-methyl/N-ethyl adjacent to an activating group) is 1. The molecule has 1 aromatic rings. The van der Waals surface area contributed by atoms with Gasteiger partial charge in [0.05, 0.1) is 30.4 Å². The molecule has 22 heavy (non-hydrogen) atoms. The summed E-state index contributed by atoms with van der Waals surface area (Å²) in [7, 11) is 3.24. The lowest BCUT2D eigenvalue weighted by atomic mass is 10.0. The number of aliphatic hydroxyl groups excluding tert-OH is 1. The Morgan fingerprint density at radius 2 is 2.18 bits per heavy atom. The predicted molar refractivity (Wildman–Crippen MR) is 79.9 cm³/mol. The highest BCUT2D eigenvalue weighted by Gasteiger charge is 2.44. The van der Waals surface area contributed by atoms with Crippen molar-refractivity contribution in [1.29, 1.82) is 0 Å².